The zero-order chi connectivity index (χ0) is 56.6. The molecule has 4 N–H and O–H groups in total. The van der Waals surface area contributed by atoms with Gasteiger partial charge in [-0.1, -0.05) is 82.9 Å². The van der Waals surface area contributed by atoms with Crippen LogP contribution in [-0.2, 0) is 0 Å². The van der Waals surface area contributed by atoms with Gasteiger partial charge in [0.25, 0.3) is 0 Å². The van der Waals surface area contributed by atoms with E-state index in [1.54, 1.807) is 0 Å². The first-order chi connectivity index (χ1) is 39.5. The second-order valence-corrected chi connectivity index (χ2v) is 23.7. The minimum Gasteiger partial charge on any atom is -0.356 e. The molecule has 0 fully saturated rings. The van der Waals surface area contributed by atoms with Crippen LogP contribution in [-0.4, -0.2) is 22.8 Å². The van der Waals surface area contributed by atoms with Gasteiger partial charge in [0, 0.05) is 56.9 Å². The molecule has 10 heterocycles. The summed E-state index contributed by atoms with van der Waals surface area (Å²) in [6.07, 6.45) is 35.4. The van der Waals surface area contributed by atoms with Crippen molar-refractivity contribution < 1.29 is 0 Å². The molecule has 16 bridgehead atoms. The molecule has 10 aliphatic heterocycles. The van der Waals surface area contributed by atoms with Gasteiger partial charge < -0.3 is 21.3 Å². The molecular weight excluding hydrogens is 1000 g/mol. The van der Waals surface area contributed by atoms with E-state index in [1.807, 2.05) is 0 Å². The molecule has 0 amide bonds. The summed E-state index contributed by atoms with van der Waals surface area (Å²) in [6, 6.07) is 18.3. The van der Waals surface area contributed by atoms with Crippen LogP contribution in [0.3, 0.4) is 0 Å². The number of fused-ring (bicyclic) bond motifs is 14. The van der Waals surface area contributed by atoms with Gasteiger partial charge in [0.05, 0.1) is 68.4 Å². The highest BCUT2D eigenvalue weighted by Crippen LogP contribution is 2.49. The van der Waals surface area contributed by atoms with Crippen LogP contribution in [0.1, 0.15) is 89.0 Å². The minimum absolute atomic E-state index is 0.256. The van der Waals surface area contributed by atoms with Gasteiger partial charge in [0.1, 0.15) is 0 Å². The summed E-state index contributed by atoms with van der Waals surface area (Å²) in [6.45, 7) is 26.6. The fraction of sp³-hybridized carbons (Fsp3) is 0.189. The molecular formula is C74H66N8. The number of aryl methyl sites for hydroxylation is 12. The quantitative estimate of drug-likeness (QED) is 0.160. The molecule has 10 aliphatic rings. The molecule has 2 unspecified atom stereocenters. The van der Waals surface area contributed by atoms with Crippen LogP contribution in [0.2, 0.25) is 0 Å². The summed E-state index contributed by atoms with van der Waals surface area (Å²) >= 11 is 0. The second kappa shape index (κ2) is 19.1. The van der Waals surface area contributed by atoms with Crippen molar-refractivity contribution in [1.82, 2.24) is 21.3 Å². The van der Waals surface area contributed by atoms with Gasteiger partial charge in [-0.3, -0.25) is 0 Å². The Morgan fingerprint density at radius 3 is 0.927 bits per heavy atom. The Labute approximate surface area is 482 Å². The first kappa shape index (κ1) is 50.8. The van der Waals surface area contributed by atoms with Crippen molar-refractivity contribution in [2.75, 3.05) is 0 Å². The van der Waals surface area contributed by atoms with E-state index in [0.29, 0.717) is 0 Å². The second-order valence-electron chi connectivity index (χ2n) is 23.7. The first-order valence-electron chi connectivity index (χ1n) is 28.7. The van der Waals surface area contributed by atoms with Crippen LogP contribution in [0, 0.1) is 94.9 Å². The third-order valence-electron chi connectivity index (χ3n) is 17.3. The average Bonchev–Trinajstić information content (AvgIpc) is 3.91. The smallest absolute Gasteiger partial charge is 0.0872 e. The predicted octanol–water partition coefficient (Wildman–Crippen LogP) is 15.1. The Balaban J connectivity index is 1.08. The number of rotatable bonds is 5. The van der Waals surface area contributed by atoms with E-state index in [4.69, 9.17) is 20.0 Å². The van der Waals surface area contributed by atoms with Crippen molar-refractivity contribution in [2.45, 2.75) is 83.1 Å². The highest BCUT2D eigenvalue weighted by molar-refractivity contribution is 6.34. The Bertz CT molecular complexity index is 4040. The van der Waals surface area contributed by atoms with Crippen molar-refractivity contribution in [3.8, 4) is 0 Å². The Hall–Kier alpha value is -9.40. The summed E-state index contributed by atoms with van der Waals surface area (Å²) in [5.74, 6) is -0.512. The topological polar surface area (TPSA) is 97.6 Å². The van der Waals surface area contributed by atoms with E-state index in [-0.39, 0.29) is 11.8 Å². The first-order valence-corrected chi connectivity index (χ1v) is 28.7. The predicted molar refractivity (Wildman–Crippen MR) is 341 cm³/mol. The summed E-state index contributed by atoms with van der Waals surface area (Å²) in [5.41, 5.74) is 38.3. The fourth-order valence-electron chi connectivity index (χ4n) is 14.4. The van der Waals surface area contributed by atoms with Crippen LogP contribution in [0.25, 0.3) is 22.3 Å². The van der Waals surface area contributed by atoms with Crippen LogP contribution in [0.5, 0.6) is 0 Å². The van der Waals surface area contributed by atoms with Gasteiger partial charge in [-0.25, -0.2) is 20.0 Å². The molecule has 0 saturated carbocycles. The average molecular weight is 1070 g/mol. The van der Waals surface area contributed by atoms with Gasteiger partial charge in [-0.15, -0.1) is 0 Å². The molecule has 8 heteroatoms. The lowest BCUT2D eigenvalue weighted by Crippen LogP contribution is -2.27. The fourth-order valence-corrected chi connectivity index (χ4v) is 14.4. The van der Waals surface area contributed by atoms with Crippen LogP contribution < -0.4 is 21.3 Å². The molecule has 4 aromatic carbocycles. The molecule has 0 aromatic heterocycles. The molecule has 8 nitrogen and oxygen atoms in total. The SMILES string of the molecule is Cc1cc(C)c(C2=C3C=CC(=N3)C3=CC(C4C=C5NC4=C(c4c(C)cc(C)cc4C)C4=CC=CC(=C6C=CC(=N6)C(c6c(C)cc(C)cc6C)=C6C=CC5=N6)N4)C(=C(c4c(C)cc(C)cc4C)C4=CC=CC(=C5C=CC2=N5)N4)N3)c(C)c1. The number of allylic oxidation sites excluding steroid dienone is 20. The Morgan fingerprint density at radius 2 is 0.585 bits per heavy atom. The van der Waals surface area contributed by atoms with E-state index in [0.717, 1.165) is 125 Å². The summed E-state index contributed by atoms with van der Waals surface area (Å²) in [4.78, 5) is 22.2. The van der Waals surface area contributed by atoms with E-state index in [9.17, 15) is 0 Å². The standard InChI is InChI=1S/C74H66N8/c1-37-27-41(5)65(42(6)28-37)69-59-23-19-53(77-59)51-15-13-17-57(75-51)71(67-45(9)31-39(3)32-46(67)10)73-49(35-63(81-73)55-21-25-61(69)79-55)50-36-64-56-22-26-62(80-56)70(66-43(7)29-38(2)30-44(66)8)60-24-20-54(78-60)52-16-14-18-58(76-52)72(74(50)82-64)68-47(11)33-40(4)34-48(68)12/h13-36,49-50,75-76,81-82H,1-12H3. The molecule has 4 aromatic rings. The number of benzene rings is 4. The van der Waals surface area contributed by atoms with Crippen molar-refractivity contribution in [3.63, 3.8) is 0 Å². The molecule has 0 aliphatic carbocycles. The lowest BCUT2D eigenvalue weighted by molar-refractivity contribution is 0.608. The molecule has 2 atom stereocenters. The molecule has 0 saturated heterocycles. The van der Waals surface area contributed by atoms with Crippen molar-refractivity contribution >= 4 is 45.1 Å². The van der Waals surface area contributed by atoms with Gasteiger partial charge in [-0.2, -0.15) is 0 Å². The Morgan fingerprint density at radius 1 is 0.293 bits per heavy atom. The highest BCUT2D eigenvalue weighted by Gasteiger charge is 2.42. The maximum atomic E-state index is 5.64. The summed E-state index contributed by atoms with van der Waals surface area (Å²) in [7, 11) is 0. The lowest BCUT2D eigenvalue weighted by atomic mass is 9.79. The zero-order valence-corrected chi connectivity index (χ0v) is 48.8. The van der Waals surface area contributed by atoms with Gasteiger partial charge in [0.15, 0.2) is 0 Å². The number of hydrogen-bond donors (Lipinski definition) is 4. The summed E-state index contributed by atoms with van der Waals surface area (Å²) < 4.78 is 0. The van der Waals surface area contributed by atoms with Crippen molar-refractivity contribution in [3.05, 3.63) is 303 Å². The van der Waals surface area contributed by atoms with Gasteiger partial charge in [0.2, 0.25) is 0 Å². The maximum absolute atomic E-state index is 5.64. The molecule has 0 spiro atoms. The van der Waals surface area contributed by atoms with E-state index < -0.39 is 0 Å². The molecule has 14 rings (SSSR count). The third-order valence-corrected chi connectivity index (χ3v) is 17.3. The number of hydrogen-bond acceptors (Lipinski definition) is 8. The number of aliphatic imine (C=N–C) groups is 4. The number of nitrogens with zero attached hydrogens (tertiary/aromatic N) is 4. The molecule has 402 valence electrons. The summed E-state index contributed by atoms with van der Waals surface area (Å²) in [5, 5.41) is 16.4. The van der Waals surface area contributed by atoms with E-state index >= 15 is 0 Å². The van der Waals surface area contributed by atoms with Gasteiger partial charge >= 0.3 is 0 Å². The van der Waals surface area contributed by atoms with E-state index in [2.05, 4.69) is 250 Å². The lowest BCUT2D eigenvalue weighted by Gasteiger charge is -2.30. The monoisotopic (exact) mass is 1070 g/mol. The van der Waals surface area contributed by atoms with Crippen LogP contribution >= 0.6 is 0 Å². The normalized spacial score (nSPS) is 20.8. The van der Waals surface area contributed by atoms with Crippen molar-refractivity contribution in [1.29, 1.82) is 0 Å². The van der Waals surface area contributed by atoms with Gasteiger partial charge in [-0.05, 0) is 235 Å². The molecule has 82 heavy (non-hydrogen) atoms. The number of dihydropyridines is 2. The highest BCUT2D eigenvalue weighted by atomic mass is 15.0. The van der Waals surface area contributed by atoms with Crippen molar-refractivity contribution in [2.24, 2.45) is 31.8 Å². The van der Waals surface area contributed by atoms with E-state index in [1.165, 1.54) is 77.9 Å². The largest absolute Gasteiger partial charge is 0.356 e. The minimum atomic E-state index is -0.256. The van der Waals surface area contributed by atoms with Crippen LogP contribution in [0.15, 0.2) is 234 Å². The Kier molecular flexibility index (Phi) is 11.8. The zero-order valence-electron chi connectivity index (χ0n) is 48.8. The number of nitrogens with one attached hydrogen (secondary N) is 4. The van der Waals surface area contributed by atoms with Crippen LogP contribution in [0.4, 0.5) is 0 Å². The molecule has 0 radical (unpaired) electrons. The maximum Gasteiger partial charge on any atom is 0.0872 e. The third kappa shape index (κ3) is 8.33.